The van der Waals surface area contributed by atoms with Crippen LogP contribution in [0.5, 0.6) is 0 Å². The minimum Gasteiger partial charge on any atom is -0.326 e. The monoisotopic (exact) mass is 327 g/mol. The highest BCUT2D eigenvalue weighted by Crippen LogP contribution is 2.24. The van der Waals surface area contributed by atoms with Crippen LogP contribution in [0.3, 0.4) is 0 Å². The number of sulfonamides is 1. The average Bonchev–Trinajstić information content (AvgIpc) is 2.64. The van der Waals surface area contributed by atoms with Crippen molar-refractivity contribution in [2.45, 2.75) is 49.1 Å². The molecular formula is C14H18ClN3O2S. The largest absolute Gasteiger partial charge is 0.326 e. The topological polar surface area (TPSA) is 96.0 Å². The Kier molecular flexibility index (Phi) is 5.22. The Morgan fingerprint density at radius 3 is 2.71 bits per heavy atom. The van der Waals surface area contributed by atoms with Gasteiger partial charge in [0, 0.05) is 12.1 Å². The number of nitrogens with one attached hydrogen (secondary N) is 1. The summed E-state index contributed by atoms with van der Waals surface area (Å²) in [6, 6.07) is 5.61. The van der Waals surface area contributed by atoms with Gasteiger partial charge in [0.1, 0.15) is 4.90 Å². The SMILES string of the molecule is N#Cc1ccc(Cl)c(S(=O)(=O)NC2CCCCCC2N)c1. The molecule has 0 radical (unpaired) electrons. The van der Waals surface area contributed by atoms with Crippen molar-refractivity contribution in [1.82, 2.24) is 4.72 Å². The molecule has 1 saturated carbocycles. The van der Waals surface area contributed by atoms with E-state index in [1.807, 2.05) is 6.07 Å². The Morgan fingerprint density at radius 2 is 2.00 bits per heavy atom. The molecule has 0 bridgehead atoms. The maximum atomic E-state index is 12.5. The summed E-state index contributed by atoms with van der Waals surface area (Å²) in [6.45, 7) is 0. The molecule has 7 heteroatoms. The van der Waals surface area contributed by atoms with Gasteiger partial charge in [-0.3, -0.25) is 0 Å². The van der Waals surface area contributed by atoms with Gasteiger partial charge in [-0.2, -0.15) is 5.26 Å². The molecule has 0 heterocycles. The van der Waals surface area contributed by atoms with Gasteiger partial charge in [0.05, 0.1) is 16.7 Å². The van der Waals surface area contributed by atoms with Gasteiger partial charge in [0.15, 0.2) is 0 Å². The third-order valence-corrected chi connectivity index (χ3v) is 5.70. The zero-order chi connectivity index (χ0) is 15.5. The van der Waals surface area contributed by atoms with Crippen LogP contribution in [0, 0.1) is 11.3 Å². The number of nitriles is 1. The molecule has 2 rings (SSSR count). The zero-order valence-electron chi connectivity index (χ0n) is 11.5. The second-order valence-electron chi connectivity index (χ2n) is 5.29. The number of benzene rings is 1. The second-order valence-corrected chi connectivity index (χ2v) is 7.38. The summed E-state index contributed by atoms with van der Waals surface area (Å²) in [7, 11) is -3.79. The fourth-order valence-corrected chi connectivity index (χ4v) is 4.37. The molecule has 1 fully saturated rings. The molecule has 0 amide bonds. The van der Waals surface area contributed by atoms with Crippen molar-refractivity contribution in [1.29, 1.82) is 5.26 Å². The van der Waals surface area contributed by atoms with Crippen LogP contribution in [0.15, 0.2) is 23.1 Å². The quantitative estimate of drug-likeness (QED) is 0.831. The van der Waals surface area contributed by atoms with Crippen LogP contribution < -0.4 is 10.5 Å². The highest BCUT2D eigenvalue weighted by molar-refractivity contribution is 7.89. The number of rotatable bonds is 3. The molecular weight excluding hydrogens is 310 g/mol. The van der Waals surface area contributed by atoms with Gasteiger partial charge >= 0.3 is 0 Å². The third kappa shape index (κ3) is 3.95. The first kappa shape index (κ1) is 16.2. The van der Waals surface area contributed by atoms with E-state index < -0.39 is 10.0 Å². The van der Waals surface area contributed by atoms with E-state index in [1.165, 1.54) is 18.2 Å². The highest BCUT2D eigenvalue weighted by atomic mass is 35.5. The van der Waals surface area contributed by atoms with Gasteiger partial charge < -0.3 is 5.73 Å². The lowest BCUT2D eigenvalue weighted by molar-refractivity contribution is 0.456. The molecule has 2 unspecified atom stereocenters. The predicted molar refractivity (Wildman–Crippen MR) is 81.3 cm³/mol. The lowest BCUT2D eigenvalue weighted by atomic mass is 10.1. The second kappa shape index (κ2) is 6.75. The standard InChI is InChI=1S/C14H18ClN3O2S/c15-11-7-6-10(9-16)8-14(11)21(19,20)18-13-5-3-1-2-4-12(13)17/h6-8,12-13,18H,1-5,17H2. The van der Waals surface area contributed by atoms with Gasteiger partial charge in [-0.25, -0.2) is 13.1 Å². The molecule has 2 atom stereocenters. The lowest BCUT2D eigenvalue weighted by Crippen LogP contribution is -2.46. The van der Waals surface area contributed by atoms with Gasteiger partial charge in [-0.1, -0.05) is 30.9 Å². The van der Waals surface area contributed by atoms with E-state index in [0.29, 0.717) is 0 Å². The van der Waals surface area contributed by atoms with E-state index in [1.54, 1.807) is 0 Å². The fourth-order valence-electron chi connectivity index (χ4n) is 2.52. The van der Waals surface area contributed by atoms with Crippen LogP contribution in [-0.2, 0) is 10.0 Å². The third-order valence-electron chi connectivity index (χ3n) is 3.73. The molecule has 0 aliphatic heterocycles. The molecule has 3 N–H and O–H groups in total. The first-order valence-electron chi connectivity index (χ1n) is 6.91. The molecule has 1 aromatic rings. The van der Waals surface area contributed by atoms with E-state index in [9.17, 15) is 8.42 Å². The van der Waals surface area contributed by atoms with Gasteiger partial charge in [-0.15, -0.1) is 0 Å². The Hall–Kier alpha value is -1.13. The van der Waals surface area contributed by atoms with Crippen molar-refractivity contribution in [2.24, 2.45) is 5.73 Å². The smallest absolute Gasteiger partial charge is 0.242 e. The number of hydrogen-bond donors (Lipinski definition) is 2. The molecule has 0 saturated heterocycles. The Balaban J connectivity index is 2.27. The van der Waals surface area contributed by atoms with E-state index in [4.69, 9.17) is 22.6 Å². The van der Waals surface area contributed by atoms with E-state index in [0.717, 1.165) is 32.1 Å². The summed E-state index contributed by atoms with van der Waals surface area (Å²) >= 11 is 5.96. The average molecular weight is 328 g/mol. The first-order valence-corrected chi connectivity index (χ1v) is 8.78. The lowest BCUT2D eigenvalue weighted by Gasteiger charge is -2.22. The van der Waals surface area contributed by atoms with Gasteiger partial charge in [0.2, 0.25) is 10.0 Å². The minimum atomic E-state index is -3.79. The molecule has 5 nitrogen and oxygen atoms in total. The molecule has 1 aromatic carbocycles. The molecule has 114 valence electrons. The van der Waals surface area contributed by atoms with Crippen LogP contribution in [0.25, 0.3) is 0 Å². The number of halogens is 1. The molecule has 0 spiro atoms. The summed E-state index contributed by atoms with van der Waals surface area (Å²) in [6.07, 6.45) is 4.56. The minimum absolute atomic E-state index is 0.0698. The van der Waals surface area contributed by atoms with Crippen molar-refractivity contribution in [3.05, 3.63) is 28.8 Å². The van der Waals surface area contributed by atoms with E-state index in [2.05, 4.69) is 4.72 Å². The normalized spacial score (nSPS) is 23.3. The van der Waals surface area contributed by atoms with Crippen molar-refractivity contribution < 1.29 is 8.42 Å². The van der Waals surface area contributed by atoms with Crippen molar-refractivity contribution in [2.75, 3.05) is 0 Å². The fraction of sp³-hybridized carbons (Fsp3) is 0.500. The number of hydrogen-bond acceptors (Lipinski definition) is 4. The first-order chi connectivity index (χ1) is 9.94. The zero-order valence-corrected chi connectivity index (χ0v) is 13.1. The van der Waals surface area contributed by atoms with Gasteiger partial charge in [-0.05, 0) is 31.0 Å². The Bertz CT molecular complexity index is 655. The summed E-state index contributed by atoms with van der Waals surface area (Å²) in [5.41, 5.74) is 6.30. The molecule has 1 aliphatic rings. The maximum absolute atomic E-state index is 12.5. The predicted octanol–water partition coefficient (Wildman–Crippen LogP) is 2.15. The van der Waals surface area contributed by atoms with Crippen molar-refractivity contribution in [3.63, 3.8) is 0 Å². The van der Waals surface area contributed by atoms with E-state index in [-0.39, 0.29) is 27.6 Å². The van der Waals surface area contributed by atoms with Crippen LogP contribution in [-0.4, -0.2) is 20.5 Å². The van der Waals surface area contributed by atoms with E-state index >= 15 is 0 Å². The molecule has 1 aliphatic carbocycles. The van der Waals surface area contributed by atoms with Crippen molar-refractivity contribution in [3.8, 4) is 6.07 Å². The molecule has 0 aromatic heterocycles. The summed E-state index contributed by atoms with van der Waals surface area (Å²) in [5, 5.41) is 8.99. The van der Waals surface area contributed by atoms with Crippen molar-refractivity contribution >= 4 is 21.6 Å². The Morgan fingerprint density at radius 1 is 1.29 bits per heavy atom. The maximum Gasteiger partial charge on any atom is 0.242 e. The molecule has 21 heavy (non-hydrogen) atoms. The number of nitrogens with two attached hydrogens (primary N) is 1. The van der Waals surface area contributed by atoms with Crippen LogP contribution in [0.4, 0.5) is 0 Å². The number of nitrogens with zero attached hydrogens (tertiary/aromatic N) is 1. The van der Waals surface area contributed by atoms with Crippen LogP contribution >= 0.6 is 11.6 Å². The highest BCUT2D eigenvalue weighted by Gasteiger charge is 2.27. The summed E-state index contributed by atoms with van der Waals surface area (Å²) in [5.74, 6) is 0. The van der Waals surface area contributed by atoms with Gasteiger partial charge in [0.25, 0.3) is 0 Å². The van der Waals surface area contributed by atoms with Crippen LogP contribution in [0.2, 0.25) is 5.02 Å². The summed E-state index contributed by atoms with van der Waals surface area (Å²) in [4.78, 5) is -0.0698. The van der Waals surface area contributed by atoms with Crippen LogP contribution in [0.1, 0.15) is 37.7 Å². The summed E-state index contributed by atoms with van der Waals surface area (Å²) < 4.78 is 27.6. The Labute approximate surface area is 130 Å².